The summed E-state index contributed by atoms with van der Waals surface area (Å²) in [4.78, 5) is 4.17. The Bertz CT molecular complexity index is 775. The summed E-state index contributed by atoms with van der Waals surface area (Å²) in [6.07, 6.45) is 2.37. The summed E-state index contributed by atoms with van der Waals surface area (Å²) in [6.45, 7) is 1.15. The number of oxazole rings is 1. The summed E-state index contributed by atoms with van der Waals surface area (Å²) >= 11 is 5.96. The SMILES string of the molecule is CN1CCCN(Cc2ncc(-c3cccc(Cl)c3)o2)S1(=O)=O. The first kappa shape index (κ1) is 15.5. The molecule has 2 aromatic rings. The van der Waals surface area contributed by atoms with Gasteiger partial charge in [0.05, 0.1) is 12.7 Å². The molecule has 1 saturated heterocycles. The molecule has 1 aromatic heterocycles. The highest BCUT2D eigenvalue weighted by molar-refractivity contribution is 7.86. The Kier molecular flexibility index (Phi) is 4.22. The van der Waals surface area contributed by atoms with Gasteiger partial charge in [-0.05, 0) is 18.6 Å². The molecule has 0 N–H and O–H groups in total. The Balaban J connectivity index is 1.80. The first-order valence-corrected chi connectivity index (χ1v) is 8.66. The maximum Gasteiger partial charge on any atom is 0.282 e. The third kappa shape index (κ3) is 3.03. The summed E-state index contributed by atoms with van der Waals surface area (Å²) in [5.41, 5.74) is 0.810. The standard InChI is InChI=1S/C14H16ClN3O3S/c1-17-6-3-7-18(22(17,19)20)10-14-16-9-13(21-14)11-4-2-5-12(15)8-11/h2,4-5,8-9H,3,6-7,10H2,1H3. The minimum absolute atomic E-state index is 0.132. The average Bonchev–Trinajstić information content (AvgIpc) is 2.93. The van der Waals surface area contributed by atoms with Crippen molar-refractivity contribution in [1.82, 2.24) is 13.6 Å². The van der Waals surface area contributed by atoms with E-state index in [1.807, 2.05) is 12.1 Å². The fourth-order valence-corrected chi connectivity index (χ4v) is 3.95. The number of nitrogens with zero attached hydrogens (tertiary/aromatic N) is 3. The average molecular weight is 342 g/mol. The lowest BCUT2D eigenvalue weighted by Crippen LogP contribution is -2.47. The van der Waals surface area contributed by atoms with E-state index >= 15 is 0 Å². The molecule has 0 unspecified atom stereocenters. The fourth-order valence-electron chi connectivity index (χ4n) is 2.37. The lowest BCUT2D eigenvalue weighted by atomic mass is 10.2. The molecule has 2 heterocycles. The molecule has 0 atom stereocenters. The van der Waals surface area contributed by atoms with Gasteiger partial charge >= 0.3 is 0 Å². The molecule has 1 aliphatic heterocycles. The molecule has 0 spiro atoms. The highest BCUT2D eigenvalue weighted by Crippen LogP contribution is 2.25. The third-order valence-corrected chi connectivity index (χ3v) is 5.74. The predicted octanol–water partition coefficient (Wildman–Crippen LogP) is 2.38. The van der Waals surface area contributed by atoms with E-state index in [4.69, 9.17) is 16.0 Å². The highest BCUT2D eigenvalue weighted by Gasteiger charge is 2.31. The normalized spacial score (nSPS) is 19.4. The lowest BCUT2D eigenvalue weighted by Gasteiger charge is -2.31. The number of benzene rings is 1. The Labute approximate surface area is 134 Å². The van der Waals surface area contributed by atoms with Gasteiger partial charge in [0.15, 0.2) is 5.76 Å². The molecule has 6 nitrogen and oxygen atoms in total. The molecule has 0 radical (unpaired) electrons. The van der Waals surface area contributed by atoms with Crippen LogP contribution in [0.5, 0.6) is 0 Å². The molecule has 1 aliphatic rings. The molecule has 0 saturated carbocycles. The van der Waals surface area contributed by atoms with Gasteiger partial charge in [-0.25, -0.2) is 4.98 Å². The summed E-state index contributed by atoms with van der Waals surface area (Å²) < 4.78 is 32.8. The zero-order valence-corrected chi connectivity index (χ0v) is 13.6. The summed E-state index contributed by atoms with van der Waals surface area (Å²) in [5, 5.41) is 0.607. The third-order valence-electron chi connectivity index (χ3n) is 3.57. The molecular formula is C14H16ClN3O3S. The maximum absolute atomic E-state index is 12.2. The van der Waals surface area contributed by atoms with Gasteiger partial charge in [-0.2, -0.15) is 17.0 Å². The number of hydrogen-bond acceptors (Lipinski definition) is 4. The van der Waals surface area contributed by atoms with Crippen LogP contribution < -0.4 is 0 Å². The fraction of sp³-hybridized carbons (Fsp3) is 0.357. The van der Waals surface area contributed by atoms with E-state index in [1.165, 1.54) is 8.61 Å². The number of aromatic nitrogens is 1. The highest BCUT2D eigenvalue weighted by atomic mass is 35.5. The van der Waals surface area contributed by atoms with Crippen LogP contribution >= 0.6 is 11.6 Å². The zero-order chi connectivity index (χ0) is 15.7. The van der Waals surface area contributed by atoms with E-state index in [-0.39, 0.29) is 6.54 Å². The molecule has 3 rings (SSSR count). The van der Waals surface area contributed by atoms with Crippen LogP contribution in [0.15, 0.2) is 34.9 Å². The maximum atomic E-state index is 12.2. The van der Waals surface area contributed by atoms with E-state index in [9.17, 15) is 8.42 Å². The van der Waals surface area contributed by atoms with Crippen molar-refractivity contribution in [3.05, 3.63) is 41.4 Å². The molecule has 8 heteroatoms. The van der Waals surface area contributed by atoms with Crippen molar-refractivity contribution in [2.75, 3.05) is 20.1 Å². The largest absolute Gasteiger partial charge is 0.439 e. The van der Waals surface area contributed by atoms with Crippen molar-refractivity contribution in [3.8, 4) is 11.3 Å². The van der Waals surface area contributed by atoms with Crippen LogP contribution in [-0.4, -0.2) is 42.1 Å². The monoisotopic (exact) mass is 341 g/mol. The van der Waals surface area contributed by atoms with Crippen molar-refractivity contribution in [1.29, 1.82) is 0 Å². The molecule has 0 aliphatic carbocycles. The van der Waals surface area contributed by atoms with Gasteiger partial charge in [0, 0.05) is 30.7 Å². The van der Waals surface area contributed by atoms with Gasteiger partial charge in [0.2, 0.25) is 5.89 Å². The number of hydrogen-bond donors (Lipinski definition) is 0. The van der Waals surface area contributed by atoms with E-state index in [0.717, 1.165) is 12.0 Å². The Morgan fingerprint density at radius 3 is 2.95 bits per heavy atom. The van der Waals surface area contributed by atoms with Crippen LogP contribution in [0.4, 0.5) is 0 Å². The molecule has 1 fully saturated rings. The van der Waals surface area contributed by atoms with E-state index < -0.39 is 10.2 Å². The Hall–Kier alpha value is -1.41. The molecular weight excluding hydrogens is 326 g/mol. The Morgan fingerprint density at radius 1 is 1.36 bits per heavy atom. The molecule has 0 bridgehead atoms. The van der Waals surface area contributed by atoms with E-state index in [1.54, 1.807) is 25.4 Å². The van der Waals surface area contributed by atoms with Crippen LogP contribution in [0.3, 0.4) is 0 Å². The lowest BCUT2D eigenvalue weighted by molar-refractivity contribution is 0.284. The van der Waals surface area contributed by atoms with Gasteiger partial charge in [-0.3, -0.25) is 0 Å². The molecule has 118 valence electrons. The van der Waals surface area contributed by atoms with Crippen molar-refractivity contribution in [2.45, 2.75) is 13.0 Å². The first-order valence-electron chi connectivity index (χ1n) is 6.89. The van der Waals surface area contributed by atoms with Crippen LogP contribution in [-0.2, 0) is 16.8 Å². The summed E-state index contributed by atoms with van der Waals surface area (Å²) in [5.74, 6) is 0.939. The van der Waals surface area contributed by atoms with Gasteiger partial charge in [0.1, 0.15) is 0 Å². The topological polar surface area (TPSA) is 66.7 Å². The predicted molar refractivity (Wildman–Crippen MR) is 83.5 cm³/mol. The quantitative estimate of drug-likeness (QED) is 0.859. The van der Waals surface area contributed by atoms with Crippen molar-refractivity contribution >= 4 is 21.8 Å². The first-order chi connectivity index (χ1) is 10.5. The van der Waals surface area contributed by atoms with Crippen LogP contribution in [0, 0.1) is 0 Å². The van der Waals surface area contributed by atoms with E-state index in [0.29, 0.717) is 29.8 Å². The van der Waals surface area contributed by atoms with E-state index in [2.05, 4.69) is 4.98 Å². The van der Waals surface area contributed by atoms with Gasteiger partial charge in [0.25, 0.3) is 10.2 Å². The van der Waals surface area contributed by atoms with Crippen LogP contribution in [0.2, 0.25) is 5.02 Å². The van der Waals surface area contributed by atoms with Crippen LogP contribution in [0.1, 0.15) is 12.3 Å². The van der Waals surface area contributed by atoms with Gasteiger partial charge in [-0.1, -0.05) is 23.7 Å². The van der Waals surface area contributed by atoms with Crippen molar-refractivity contribution in [3.63, 3.8) is 0 Å². The summed E-state index contributed by atoms with van der Waals surface area (Å²) in [7, 11) is -1.84. The zero-order valence-electron chi connectivity index (χ0n) is 12.1. The van der Waals surface area contributed by atoms with Crippen LogP contribution in [0.25, 0.3) is 11.3 Å². The van der Waals surface area contributed by atoms with Crippen molar-refractivity contribution < 1.29 is 12.8 Å². The second-order valence-corrected chi connectivity index (χ2v) is 7.62. The summed E-state index contributed by atoms with van der Waals surface area (Å²) in [6, 6.07) is 7.24. The number of rotatable bonds is 3. The second kappa shape index (κ2) is 6.00. The molecule has 22 heavy (non-hydrogen) atoms. The smallest absolute Gasteiger partial charge is 0.282 e. The minimum atomic E-state index is -3.42. The second-order valence-electron chi connectivity index (χ2n) is 5.15. The van der Waals surface area contributed by atoms with Crippen molar-refractivity contribution in [2.24, 2.45) is 0 Å². The Morgan fingerprint density at radius 2 is 2.18 bits per heavy atom. The van der Waals surface area contributed by atoms with Gasteiger partial charge < -0.3 is 4.42 Å². The van der Waals surface area contributed by atoms with Gasteiger partial charge in [-0.15, -0.1) is 0 Å². The molecule has 1 aromatic carbocycles. The molecule has 0 amide bonds. The number of halogens is 1. The minimum Gasteiger partial charge on any atom is -0.439 e.